The molecule has 1 aromatic carbocycles. The summed E-state index contributed by atoms with van der Waals surface area (Å²) in [7, 11) is 0. The molecular weight excluding hydrogens is 761 g/mol. The molecule has 0 radical (unpaired) electrons. The number of nitrogens with one attached hydrogen (secondary N) is 3. The summed E-state index contributed by atoms with van der Waals surface area (Å²) in [6, 6.07) is 3.65. The molecule has 2 aromatic rings. The predicted octanol–water partition coefficient (Wildman–Crippen LogP) is 5.18. The van der Waals surface area contributed by atoms with Crippen LogP contribution in [0, 0.1) is 11.3 Å². The van der Waals surface area contributed by atoms with Crippen LogP contribution in [0.2, 0.25) is 0 Å². The van der Waals surface area contributed by atoms with E-state index in [1.54, 1.807) is 39.0 Å². The van der Waals surface area contributed by atoms with Crippen LogP contribution in [0.3, 0.4) is 0 Å². The SMILES string of the molecule is CC1(SNC(=O)[C@@]2(NC(=O)[C@@H]3C[C@@H]4CN3C(=O)[C@H](C(C)(C)C)NC(=O)O[C@@H]3CCC[C@H]3OC/C=C\C(F)(F)c3nc5ccccc5nc3O4)CC2C(F)F)CC1. The topological polar surface area (TPSA) is 161 Å². The van der Waals surface area contributed by atoms with Gasteiger partial charge in [-0.15, -0.1) is 0 Å². The van der Waals surface area contributed by atoms with Gasteiger partial charge in [0.15, 0.2) is 5.69 Å². The summed E-state index contributed by atoms with van der Waals surface area (Å²) < 4.78 is 80.5. The second kappa shape index (κ2) is 15.0. The summed E-state index contributed by atoms with van der Waals surface area (Å²) >= 11 is 1.12. The Labute approximate surface area is 325 Å². The van der Waals surface area contributed by atoms with Gasteiger partial charge in [-0.25, -0.2) is 23.5 Å². The third-order valence-electron chi connectivity index (χ3n) is 11.2. The molecule has 1 aromatic heterocycles. The van der Waals surface area contributed by atoms with E-state index in [-0.39, 0.29) is 41.8 Å². The number of hydrogen-bond acceptors (Lipinski definition) is 10. The predicted molar refractivity (Wildman–Crippen MR) is 196 cm³/mol. The number of ether oxygens (including phenoxy) is 3. The average molecular weight is 807 g/mol. The monoisotopic (exact) mass is 806 g/mol. The largest absolute Gasteiger partial charge is 0.471 e. The second-order valence-corrected chi connectivity index (χ2v) is 18.0. The number of amides is 4. The van der Waals surface area contributed by atoms with Crippen molar-refractivity contribution in [3.63, 3.8) is 0 Å². The number of carbonyl (C=O) groups excluding carboxylic acids is 4. The highest BCUT2D eigenvalue weighted by Gasteiger charge is 2.66. The maximum absolute atomic E-state index is 16.0. The first-order chi connectivity index (χ1) is 26.4. The Balaban J connectivity index is 1.25. The van der Waals surface area contributed by atoms with Gasteiger partial charge in [-0.2, -0.15) is 8.78 Å². The molecule has 0 spiro atoms. The molecule has 7 rings (SSSR count). The van der Waals surface area contributed by atoms with Gasteiger partial charge in [0.1, 0.15) is 29.8 Å². The van der Waals surface area contributed by atoms with Crippen molar-refractivity contribution in [1.29, 1.82) is 0 Å². The Kier molecular flexibility index (Phi) is 10.7. The fraction of sp³-hybridized carbons (Fsp3) is 0.632. The molecular formula is C38H46F4N6O7S. The van der Waals surface area contributed by atoms with Crippen molar-refractivity contribution >= 4 is 46.8 Å². The number of nitrogens with zero attached hydrogens (tertiary/aromatic N) is 3. The highest BCUT2D eigenvalue weighted by molar-refractivity contribution is 7.99. The van der Waals surface area contributed by atoms with Gasteiger partial charge in [-0.05, 0) is 81.0 Å². The van der Waals surface area contributed by atoms with Crippen molar-refractivity contribution in [1.82, 2.24) is 30.2 Å². The molecule has 5 aliphatic rings. The molecule has 18 heteroatoms. The van der Waals surface area contributed by atoms with Gasteiger partial charge in [0, 0.05) is 11.2 Å². The number of hydrogen-bond donors (Lipinski definition) is 3. The molecule has 56 heavy (non-hydrogen) atoms. The van der Waals surface area contributed by atoms with Crippen LogP contribution in [0.4, 0.5) is 22.4 Å². The maximum atomic E-state index is 16.0. The zero-order valence-corrected chi connectivity index (χ0v) is 32.3. The number of carbonyl (C=O) groups is 4. The number of aromatic nitrogens is 2. The molecule has 4 fully saturated rings. The molecule has 2 aliphatic heterocycles. The van der Waals surface area contributed by atoms with Crippen LogP contribution in [0.1, 0.15) is 78.3 Å². The minimum absolute atomic E-state index is 0.173. The molecule has 3 heterocycles. The first-order valence-electron chi connectivity index (χ1n) is 18.9. The average Bonchev–Trinajstić information content (AvgIpc) is 3.94. The van der Waals surface area contributed by atoms with E-state index in [1.165, 1.54) is 6.07 Å². The van der Waals surface area contributed by atoms with E-state index in [2.05, 4.69) is 25.3 Å². The fourth-order valence-electron chi connectivity index (χ4n) is 7.49. The number of fused-ring (bicyclic) bond motifs is 5. The summed E-state index contributed by atoms with van der Waals surface area (Å²) in [4.78, 5) is 65.4. The number of para-hydroxylation sites is 2. The summed E-state index contributed by atoms with van der Waals surface area (Å²) in [5, 5.41) is 5.21. The smallest absolute Gasteiger partial charge is 0.408 e. The van der Waals surface area contributed by atoms with E-state index in [4.69, 9.17) is 14.2 Å². The third-order valence-corrected chi connectivity index (χ3v) is 12.3. The van der Waals surface area contributed by atoms with Gasteiger partial charge in [0.2, 0.25) is 24.1 Å². The molecule has 3 saturated carbocycles. The van der Waals surface area contributed by atoms with Gasteiger partial charge in [-0.1, -0.05) is 39.0 Å². The van der Waals surface area contributed by atoms with Gasteiger partial charge < -0.3 is 29.7 Å². The van der Waals surface area contributed by atoms with E-state index >= 15 is 8.78 Å². The molecule has 2 bridgehead atoms. The summed E-state index contributed by atoms with van der Waals surface area (Å²) in [6.45, 7) is 6.44. The summed E-state index contributed by atoms with van der Waals surface area (Å²) in [6.07, 6.45) is -1.91. The zero-order valence-electron chi connectivity index (χ0n) is 31.5. The van der Waals surface area contributed by atoms with Gasteiger partial charge >= 0.3 is 12.0 Å². The minimum Gasteiger partial charge on any atom is -0.471 e. The summed E-state index contributed by atoms with van der Waals surface area (Å²) in [5.41, 5.74) is -3.29. The van der Waals surface area contributed by atoms with Gasteiger partial charge in [0.05, 0.1) is 36.2 Å². The van der Waals surface area contributed by atoms with Crippen LogP contribution >= 0.6 is 11.9 Å². The lowest BCUT2D eigenvalue weighted by molar-refractivity contribution is -0.143. The van der Waals surface area contributed by atoms with Crippen LogP contribution in [-0.2, 0) is 29.8 Å². The first-order valence-corrected chi connectivity index (χ1v) is 19.7. The van der Waals surface area contributed by atoms with E-state index in [0.29, 0.717) is 25.3 Å². The number of rotatable bonds is 6. The number of alkyl halides is 4. The number of benzene rings is 1. The van der Waals surface area contributed by atoms with Crippen molar-refractivity contribution in [2.75, 3.05) is 13.2 Å². The number of alkyl carbamates (subject to hydrolysis) is 1. The van der Waals surface area contributed by atoms with E-state index in [0.717, 1.165) is 35.8 Å². The third kappa shape index (κ3) is 8.27. The minimum atomic E-state index is -3.72. The van der Waals surface area contributed by atoms with Crippen molar-refractivity contribution in [3.05, 3.63) is 42.1 Å². The van der Waals surface area contributed by atoms with E-state index < -0.39 is 95.0 Å². The van der Waals surface area contributed by atoms with Crippen LogP contribution in [0.5, 0.6) is 5.88 Å². The quantitative estimate of drug-likeness (QED) is 0.202. The lowest BCUT2D eigenvalue weighted by Gasteiger charge is -2.35. The Morgan fingerprint density at radius 1 is 1.05 bits per heavy atom. The molecule has 1 unspecified atom stereocenters. The van der Waals surface area contributed by atoms with Crippen LogP contribution in [-0.4, -0.2) is 98.9 Å². The standard InChI is InChI=1S/C38H46F4N6O7S/c1-35(2,3)28-32(50)48-19-20(17-24(48)30(49)46-37(18-21(37)29(39)40)33(51)47-56-36(4)14-15-36)54-31-27(43-22-9-5-6-10-23(22)44-31)38(41,42)13-8-16-53-25-11-7-12-26(25)55-34(52)45-28/h5-6,8-10,13,20-21,24-26,28-29H,7,11-12,14-19H2,1-4H3,(H,45,52)(H,46,49)(H,47,51)/b13-8-/t20-,21?,24+,25-,26-,28-,37-/m1/s1. The van der Waals surface area contributed by atoms with Gasteiger partial charge in [-0.3, -0.25) is 19.1 Å². The molecule has 13 nitrogen and oxygen atoms in total. The van der Waals surface area contributed by atoms with E-state index in [1.807, 2.05) is 6.92 Å². The van der Waals surface area contributed by atoms with E-state index in [9.17, 15) is 28.0 Å². The highest BCUT2D eigenvalue weighted by Crippen LogP contribution is 2.51. The fourth-order valence-corrected chi connectivity index (χ4v) is 8.31. The van der Waals surface area contributed by atoms with Crippen LogP contribution < -0.4 is 20.1 Å². The molecule has 3 aliphatic carbocycles. The molecule has 3 N–H and O–H groups in total. The lowest BCUT2D eigenvalue weighted by atomic mass is 9.85. The molecule has 7 atom stereocenters. The lowest BCUT2D eigenvalue weighted by Crippen LogP contribution is -2.60. The molecule has 4 amide bonds. The Morgan fingerprint density at radius 2 is 1.75 bits per heavy atom. The van der Waals surface area contributed by atoms with Crippen molar-refractivity contribution in [3.8, 4) is 5.88 Å². The maximum Gasteiger partial charge on any atom is 0.408 e. The summed E-state index contributed by atoms with van der Waals surface area (Å²) in [5.74, 6) is -8.18. The van der Waals surface area contributed by atoms with Crippen LogP contribution in [0.15, 0.2) is 36.4 Å². The molecule has 1 saturated heterocycles. The second-order valence-electron chi connectivity index (χ2n) is 16.7. The molecule has 304 valence electrons. The van der Waals surface area contributed by atoms with Crippen LogP contribution in [0.25, 0.3) is 11.0 Å². The van der Waals surface area contributed by atoms with Gasteiger partial charge in [0.25, 0.3) is 5.91 Å². The first kappa shape index (κ1) is 40.0. The number of allylic oxidation sites excluding steroid dienone is 1. The Hall–Kier alpha value is -4.19. The van der Waals surface area contributed by atoms with Crippen molar-refractivity contribution in [2.45, 2.75) is 126 Å². The normalized spacial score (nSPS) is 31.8. The Morgan fingerprint density at radius 3 is 2.41 bits per heavy atom. The Bertz CT molecular complexity index is 1910. The van der Waals surface area contributed by atoms with Crippen molar-refractivity contribution in [2.24, 2.45) is 11.3 Å². The highest BCUT2D eigenvalue weighted by atomic mass is 32.2. The number of halogens is 4. The zero-order chi connectivity index (χ0) is 40.2. The van der Waals surface area contributed by atoms with Crippen molar-refractivity contribution < 1.29 is 51.0 Å².